The van der Waals surface area contributed by atoms with Crippen LogP contribution in [0.5, 0.6) is 0 Å². The van der Waals surface area contributed by atoms with Crippen molar-refractivity contribution in [1.29, 1.82) is 0 Å². The fourth-order valence-corrected chi connectivity index (χ4v) is 3.72. The number of aromatic nitrogens is 5. The number of nitrogens with zero attached hydrogens (tertiary/aromatic N) is 5. The molecule has 168 valence electrons. The van der Waals surface area contributed by atoms with Gasteiger partial charge in [-0.05, 0) is 30.2 Å². The van der Waals surface area contributed by atoms with E-state index in [-0.39, 0.29) is 5.91 Å². The third-order valence-electron chi connectivity index (χ3n) is 5.59. The van der Waals surface area contributed by atoms with Gasteiger partial charge in [0.1, 0.15) is 18.3 Å². The van der Waals surface area contributed by atoms with Gasteiger partial charge in [-0.1, -0.05) is 72.3 Å². The van der Waals surface area contributed by atoms with Crippen molar-refractivity contribution in [3.05, 3.63) is 120 Å². The van der Waals surface area contributed by atoms with Crippen molar-refractivity contribution in [1.82, 2.24) is 29.9 Å². The molecular weight excluding hydrogens is 424 g/mol. The van der Waals surface area contributed by atoms with Crippen LogP contribution in [-0.2, 0) is 13.1 Å². The van der Waals surface area contributed by atoms with Crippen LogP contribution in [0.4, 0.5) is 0 Å². The molecular formula is C27H24N6O. The Morgan fingerprint density at radius 3 is 2.35 bits per heavy atom. The molecule has 0 spiro atoms. The van der Waals surface area contributed by atoms with Gasteiger partial charge in [0.2, 0.25) is 0 Å². The summed E-state index contributed by atoms with van der Waals surface area (Å²) in [4.78, 5) is 17.2. The van der Waals surface area contributed by atoms with Crippen LogP contribution in [0, 0.1) is 6.92 Å². The van der Waals surface area contributed by atoms with E-state index in [1.165, 1.54) is 6.33 Å². The van der Waals surface area contributed by atoms with Crippen molar-refractivity contribution in [3.63, 3.8) is 0 Å². The van der Waals surface area contributed by atoms with Crippen LogP contribution in [0.15, 0.2) is 97.7 Å². The Balaban J connectivity index is 1.35. The van der Waals surface area contributed by atoms with Crippen molar-refractivity contribution >= 4 is 5.91 Å². The summed E-state index contributed by atoms with van der Waals surface area (Å²) in [6.07, 6.45) is 5.01. The van der Waals surface area contributed by atoms with Gasteiger partial charge in [0.25, 0.3) is 5.91 Å². The summed E-state index contributed by atoms with van der Waals surface area (Å²) in [7, 11) is 0. The molecule has 0 aliphatic heterocycles. The van der Waals surface area contributed by atoms with E-state index in [0.717, 1.165) is 27.9 Å². The summed E-state index contributed by atoms with van der Waals surface area (Å²) in [5.41, 5.74) is 6.29. The van der Waals surface area contributed by atoms with Gasteiger partial charge in [0, 0.05) is 18.3 Å². The summed E-state index contributed by atoms with van der Waals surface area (Å²) < 4.78 is 3.52. The second kappa shape index (κ2) is 9.54. The standard InChI is InChI=1S/C27H24N6O/c1-20-7-13-23(14-8-20)26-25(17-33(31-26)24-5-3-2-4-6-24)27(34)29-15-21-9-11-22(12-10-21)16-32-19-28-18-30-32/h2-14,17-19H,15-16H2,1H3,(H,29,34). The third-order valence-corrected chi connectivity index (χ3v) is 5.59. The normalized spacial score (nSPS) is 10.9. The molecule has 0 aliphatic rings. The molecule has 5 rings (SSSR count). The van der Waals surface area contributed by atoms with Gasteiger partial charge in [0.15, 0.2) is 0 Å². The van der Waals surface area contributed by atoms with Crippen molar-refractivity contribution in [2.24, 2.45) is 0 Å². The first kappa shape index (κ1) is 21.3. The summed E-state index contributed by atoms with van der Waals surface area (Å²) in [5, 5.41) is 11.9. The molecule has 7 nitrogen and oxygen atoms in total. The molecule has 1 amide bonds. The molecule has 0 aliphatic carbocycles. The molecule has 0 saturated carbocycles. The lowest BCUT2D eigenvalue weighted by molar-refractivity contribution is 0.0951. The lowest BCUT2D eigenvalue weighted by atomic mass is 10.1. The molecule has 0 radical (unpaired) electrons. The molecule has 0 atom stereocenters. The van der Waals surface area contributed by atoms with Crippen LogP contribution in [-0.4, -0.2) is 30.5 Å². The van der Waals surface area contributed by atoms with Crippen LogP contribution in [0.25, 0.3) is 16.9 Å². The second-order valence-electron chi connectivity index (χ2n) is 8.13. The number of hydrogen-bond acceptors (Lipinski definition) is 4. The number of aryl methyl sites for hydroxylation is 1. The van der Waals surface area contributed by atoms with Gasteiger partial charge in [-0.2, -0.15) is 10.2 Å². The van der Waals surface area contributed by atoms with E-state index in [1.54, 1.807) is 21.9 Å². The van der Waals surface area contributed by atoms with Crippen LogP contribution < -0.4 is 5.32 Å². The van der Waals surface area contributed by atoms with Gasteiger partial charge < -0.3 is 5.32 Å². The first-order valence-electron chi connectivity index (χ1n) is 11.1. The summed E-state index contributed by atoms with van der Waals surface area (Å²) in [6, 6.07) is 25.9. The zero-order chi connectivity index (χ0) is 23.3. The summed E-state index contributed by atoms with van der Waals surface area (Å²) in [5.74, 6) is -0.163. The number of amides is 1. The van der Waals surface area contributed by atoms with Gasteiger partial charge in [-0.15, -0.1) is 0 Å². The first-order valence-corrected chi connectivity index (χ1v) is 11.1. The molecule has 2 aromatic heterocycles. The molecule has 7 heteroatoms. The highest BCUT2D eigenvalue weighted by Gasteiger charge is 2.18. The number of para-hydroxylation sites is 1. The van der Waals surface area contributed by atoms with Crippen LogP contribution in [0.3, 0.4) is 0 Å². The zero-order valence-corrected chi connectivity index (χ0v) is 18.8. The average molecular weight is 449 g/mol. The Labute approximate surface area is 197 Å². The minimum absolute atomic E-state index is 0.163. The lowest BCUT2D eigenvalue weighted by Gasteiger charge is -2.07. The molecule has 5 aromatic rings. The SMILES string of the molecule is Cc1ccc(-c2nn(-c3ccccc3)cc2C(=O)NCc2ccc(Cn3cncn3)cc2)cc1. The number of hydrogen-bond donors (Lipinski definition) is 1. The molecule has 34 heavy (non-hydrogen) atoms. The highest BCUT2D eigenvalue weighted by molar-refractivity contribution is 5.99. The summed E-state index contributed by atoms with van der Waals surface area (Å²) in [6.45, 7) is 3.12. The monoisotopic (exact) mass is 448 g/mol. The minimum Gasteiger partial charge on any atom is -0.348 e. The quantitative estimate of drug-likeness (QED) is 0.400. The van der Waals surface area contributed by atoms with Crippen molar-refractivity contribution in [2.75, 3.05) is 0 Å². The van der Waals surface area contributed by atoms with Crippen molar-refractivity contribution < 1.29 is 4.79 Å². The van der Waals surface area contributed by atoms with Gasteiger partial charge in [-0.25, -0.2) is 14.3 Å². The van der Waals surface area contributed by atoms with E-state index in [4.69, 9.17) is 5.10 Å². The fraction of sp³-hybridized carbons (Fsp3) is 0.111. The number of benzene rings is 3. The maximum absolute atomic E-state index is 13.2. The lowest BCUT2D eigenvalue weighted by Crippen LogP contribution is -2.23. The Morgan fingerprint density at radius 2 is 1.65 bits per heavy atom. The Morgan fingerprint density at radius 1 is 0.912 bits per heavy atom. The fourth-order valence-electron chi connectivity index (χ4n) is 3.72. The maximum Gasteiger partial charge on any atom is 0.255 e. The topological polar surface area (TPSA) is 77.6 Å². The Hall–Kier alpha value is -4.52. The number of nitrogens with one attached hydrogen (secondary N) is 1. The summed E-state index contributed by atoms with van der Waals surface area (Å²) >= 11 is 0. The van der Waals surface area contributed by atoms with E-state index in [0.29, 0.717) is 24.3 Å². The number of carbonyl (C=O) groups excluding carboxylic acids is 1. The van der Waals surface area contributed by atoms with E-state index in [9.17, 15) is 4.79 Å². The smallest absolute Gasteiger partial charge is 0.255 e. The average Bonchev–Trinajstić information content (AvgIpc) is 3.55. The van der Waals surface area contributed by atoms with E-state index < -0.39 is 0 Å². The predicted molar refractivity (Wildman–Crippen MR) is 130 cm³/mol. The molecule has 0 unspecified atom stereocenters. The van der Waals surface area contributed by atoms with Gasteiger partial charge in [0.05, 0.1) is 17.8 Å². The molecule has 0 saturated heterocycles. The highest BCUT2D eigenvalue weighted by atomic mass is 16.1. The third kappa shape index (κ3) is 4.78. The van der Waals surface area contributed by atoms with E-state index >= 15 is 0 Å². The minimum atomic E-state index is -0.163. The number of carbonyl (C=O) groups is 1. The highest BCUT2D eigenvalue weighted by Crippen LogP contribution is 2.24. The molecule has 0 bridgehead atoms. The Kier molecular flexibility index (Phi) is 5.99. The van der Waals surface area contributed by atoms with Gasteiger partial charge in [-0.3, -0.25) is 4.79 Å². The van der Waals surface area contributed by atoms with Crippen LogP contribution >= 0.6 is 0 Å². The van der Waals surface area contributed by atoms with E-state index in [1.807, 2.05) is 85.8 Å². The van der Waals surface area contributed by atoms with Gasteiger partial charge >= 0.3 is 0 Å². The predicted octanol–water partition coefficient (Wildman–Crippen LogP) is 4.42. The molecule has 2 heterocycles. The molecule has 0 fully saturated rings. The Bertz CT molecular complexity index is 1370. The first-order chi connectivity index (χ1) is 16.7. The largest absolute Gasteiger partial charge is 0.348 e. The van der Waals surface area contributed by atoms with Crippen molar-refractivity contribution in [2.45, 2.75) is 20.0 Å². The van der Waals surface area contributed by atoms with E-state index in [2.05, 4.69) is 15.4 Å². The van der Waals surface area contributed by atoms with Crippen LogP contribution in [0.1, 0.15) is 27.0 Å². The zero-order valence-electron chi connectivity index (χ0n) is 18.8. The van der Waals surface area contributed by atoms with Crippen LogP contribution in [0.2, 0.25) is 0 Å². The molecule has 1 N–H and O–H groups in total. The second-order valence-corrected chi connectivity index (χ2v) is 8.13. The number of rotatable bonds is 7. The van der Waals surface area contributed by atoms with Crippen molar-refractivity contribution in [3.8, 4) is 16.9 Å². The maximum atomic E-state index is 13.2. The molecule has 3 aromatic carbocycles.